The van der Waals surface area contributed by atoms with E-state index >= 15 is 0 Å². The van der Waals surface area contributed by atoms with E-state index in [0.29, 0.717) is 0 Å². The minimum absolute atomic E-state index is 0.0624. The molecular weight excluding hydrogens is 299 g/mol. The van der Waals surface area contributed by atoms with Crippen molar-refractivity contribution in [2.45, 2.75) is 35.9 Å². The van der Waals surface area contributed by atoms with Gasteiger partial charge >= 0.3 is 6.18 Å². The summed E-state index contributed by atoms with van der Waals surface area (Å²) in [6.07, 6.45) is -3.80. The summed E-state index contributed by atoms with van der Waals surface area (Å²) in [6.45, 7) is -0.449. The van der Waals surface area contributed by atoms with Crippen molar-refractivity contribution in [3.05, 3.63) is 18.6 Å². The fraction of sp³-hybridized carbons (Fsp3) is 0.636. The summed E-state index contributed by atoms with van der Waals surface area (Å²) < 4.78 is 68.3. The van der Waals surface area contributed by atoms with Gasteiger partial charge in [-0.15, -0.1) is 0 Å². The Labute approximate surface area is 114 Å². The Bertz CT molecular complexity index is 555. The molecule has 9 heteroatoms. The first-order chi connectivity index (χ1) is 9.17. The number of sulfonamides is 1. The van der Waals surface area contributed by atoms with Crippen LogP contribution in [-0.2, 0) is 10.0 Å². The zero-order chi connectivity index (χ0) is 15.0. The minimum Gasteiger partial charge on any atom is -0.471 e. The second-order valence-corrected chi connectivity index (χ2v) is 6.68. The monoisotopic (exact) mass is 313 g/mol. The van der Waals surface area contributed by atoms with Gasteiger partial charge in [0, 0.05) is 13.1 Å². The summed E-state index contributed by atoms with van der Waals surface area (Å²) in [5, 5.41) is 9.64. The van der Waals surface area contributed by atoms with Gasteiger partial charge in [0.15, 0.2) is 5.60 Å². The zero-order valence-electron chi connectivity index (χ0n) is 10.4. The Balaban J connectivity index is 2.19. The zero-order valence-corrected chi connectivity index (χ0v) is 11.2. The summed E-state index contributed by atoms with van der Waals surface area (Å²) in [5.74, 6) is 0. The third kappa shape index (κ3) is 2.70. The van der Waals surface area contributed by atoms with Crippen LogP contribution in [0.1, 0.15) is 19.3 Å². The maximum absolute atomic E-state index is 12.8. The van der Waals surface area contributed by atoms with Crippen molar-refractivity contribution >= 4 is 10.0 Å². The highest BCUT2D eigenvalue weighted by molar-refractivity contribution is 7.89. The van der Waals surface area contributed by atoms with Gasteiger partial charge in [-0.3, -0.25) is 0 Å². The number of hydrogen-bond donors (Lipinski definition) is 1. The van der Waals surface area contributed by atoms with Crippen molar-refractivity contribution in [3.8, 4) is 0 Å². The van der Waals surface area contributed by atoms with Crippen LogP contribution in [0.5, 0.6) is 0 Å². The van der Waals surface area contributed by atoms with Crippen LogP contribution in [0.25, 0.3) is 0 Å². The van der Waals surface area contributed by atoms with E-state index in [9.17, 15) is 26.7 Å². The summed E-state index contributed by atoms with van der Waals surface area (Å²) in [5.41, 5.74) is -2.83. The molecular formula is C11H14F3NO4S. The largest absolute Gasteiger partial charge is 0.471 e. The van der Waals surface area contributed by atoms with E-state index in [0.717, 1.165) is 10.6 Å². The summed E-state index contributed by atoms with van der Waals surface area (Å²) in [6, 6.07) is 1.23. The fourth-order valence-electron chi connectivity index (χ4n) is 2.17. The molecule has 1 aliphatic heterocycles. The van der Waals surface area contributed by atoms with Crippen LogP contribution in [-0.4, -0.2) is 42.7 Å². The fourth-order valence-corrected chi connectivity index (χ4v) is 3.57. The molecule has 1 atom stereocenters. The molecule has 1 aliphatic rings. The lowest BCUT2D eigenvalue weighted by atomic mass is 9.94. The van der Waals surface area contributed by atoms with Crippen molar-refractivity contribution in [1.29, 1.82) is 0 Å². The van der Waals surface area contributed by atoms with E-state index < -0.39 is 34.6 Å². The van der Waals surface area contributed by atoms with Crippen molar-refractivity contribution in [1.82, 2.24) is 4.31 Å². The van der Waals surface area contributed by atoms with E-state index in [-0.39, 0.29) is 24.4 Å². The lowest BCUT2D eigenvalue weighted by Gasteiger charge is -2.29. The molecule has 1 aromatic heterocycles. The molecule has 0 saturated carbocycles. The van der Waals surface area contributed by atoms with Gasteiger partial charge < -0.3 is 9.52 Å². The smallest absolute Gasteiger partial charge is 0.417 e. The van der Waals surface area contributed by atoms with Gasteiger partial charge in [-0.25, -0.2) is 8.42 Å². The number of nitrogens with zero attached hydrogens (tertiary/aromatic N) is 1. The summed E-state index contributed by atoms with van der Waals surface area (Å²) in [4.78, 5) is -0.102. The lowest BCUT2D eigenvalue weighted by molar-refractivity contribution is -0.263. The van der Waals surface area contributed by atoms with Crippen molar-refractivity contribution in [2.75, 3.05) is 13.1 Å². The molecule has 2 heterocycles. The van der Waals surface area contributed by atoms with E-state index in [1.807, 2.05) is 0 Å². The Morgan fingerprint density at radius 2 is 2.00 bits per heavy atom. The lowest BCUT2D eigenvalue weighted by Crippen LogP contribution is -2.46. The maximum Gasteiger partial charge on any atom is 0.417 e. The quantitative estimate of drug-likeness (QED) is 0.903. The first-order valence-electron chi connectivity index (χ1n) is 5.98. The average Bonchev–Trinajstić information content (AvgIpc) is 2.78. The number of aliphatic hydroxyl groups is 1. The molecule has 0 radical (unpaired) electrons. The van der Waals surface area contributed by atoms with Gasteiger partial charge in [-0.1, -0.05) is 0 Å². The summed E-state index contributed by atoms with van der Waals surface area (Å²) in [7, 11) is -3.88. The first kappa shape index (κ1) is 15.3. The Morgan fingerprint density at radius 1 is 1.30 bits per heavy atom. The molecule has 1 saturated heterocycles. The standard InChI is InChI=1S/C11H14F3NO4S/c12-11(13,14)10(16)3-1-5-15(6-4-10)20(17,18)9-2-7-19-8-9/h2,7-8,16H,1,3-6H2. The molecule has 2 rings (SSSR count). The number of furan rings is 1. The summed E-state index contributed by atoms with van der Waals surface area (Å²) >= 11 is 0. The molecule has 1 aromatic rings. The molecule has 114 valence electrons. The highest BCUT2D eigenvalue weighted by atomic mass is 32.2. The van der Waals surface area contributed by atoms with Crippen LogP contribution >= 0.6 is 0 Å². The van der Waals surface area contributed by atoms with Gasteiger partial charge in [0.1, 0.15) is 11.2 Å². The second-order valence-electron chi connectivity index (χ2n) is 4.75. The van der Waals surface area contributed by atoms with E-state index in [1.54, 1.807) is 0 Å². The Morgan fingerprint density at radius 3 is 2.55 bits per heavy atom. The van der Waals surface area contributed by atoms with E-state index in [2.05, 4.69) is 4.42 Å². The highest BCUT2D eigenvalue weighted by Crippen LogP contribution is 2.39. The molecule has 0 bridgehead atoms. The molecule has 5 nitrogen and oxygen atoms in total. The molecule has 20 heavy (non-hydrogen) atoms. The van der Waals surface area contributed by atoms with Gasteiger partial charge in [-0.05, 0) is 25.3 Å². The number of rotatable bonds is 2. The number of hydrogen-bond acceptors (Lipinski definition) is 4. The molecule has 0 aromatic carbocycles. The number of alkyl halides is 3. The van der Waals surface area contributed by atoms with Gasteiger partial charge in [-0.2, -0.15) is 17.5 Å². The topological polar surface area (TPSA) is 70.8 Å². The Hall–Kier alpha value is -1.06. The molecule has 1 unspecified atom stereocenters. The maximum atomic E-state index is 12.8. The molecule has 0 amide bonds. The third-order valence-electron chi connectivity index (χ3n) is 3.43. The normalized spacial score (nSPS) is 26.4. The van der Waals surface area contributed by atoms with Crippen LogP contribution < -0.4 is 0 Å². The van der Waals surface area contributed by atoms with Crippen LogP contribution in [0, 0.1) is 0 Å². The minimum atomic E-state index is -4.76. The third-order valence-corrected chi connectivity index (χ3v) is 5.31. The van der Waals surface area contributed by atoms with E-state index in [4.69, 9.17) is 0 Å². The average molecular weight is 313 g/mol. The molecule has 1 fully saturated rings. The molecule has 1 N–H and O–H groups in total. The SMILES string of the molecule is O=S(=O)(c1ccoc1)N1CCCC(O)(C(F)(F)F)CC1. The predicted molar refractivity (Wildman–Crippen MR) is 62.3 cm³/mol. The molecule has 0 spiro atoms. The first-order valence-corrected chi connectivity index (χ1v) is 7.42. The van der Waals surface area contributed by atoms with Crippen LogP contribution in [0.2, 0.25) is 0 Å². The Kier molecular flexibility index (Phi) is 3.87. The van der Waals surface area contributed by atoms with Crippen molar-refractivity contribution < 1.29 is 31.1 Å². The van der Waals surface area contributed by atoms with Crippen LogP contribution in [0.3, 0.4) is 0 Å². The predicted octanol–water partition coefficient (Wildman–Crippen LogP) is 1.75. The van der Waals surface area contributed by atoms with Gasteiger partial charge in [0.2, 0.25) is 10.0 Å². The van der Waals surface area contributed by atoms with E-state index in [1.165, 1.54) is 12.3 Å². The van der Waals surface area contributed by atoms with Crippen molar-refractivity contribution in [2.24, 2.45) is 0 Å². The number of halogens is 3. The van der Waals surface area contributed by atoms with Gasteiger partial charge in [0.05, 0.1) is 6.26 Å². The van der Waals surface area contributed by atoms with Crippen LogP contribution in [0.15, 0.2) is 27.9 Å². The van der Waals surface area contributed by atoms with Crippen molar-refractivity contribution in [3.63, 3.8) is 0 Å². The second kappa shape index (κ2) is 5.05. The highest BCUT2D eigenvalue weighted by Gasteiger charge is 2.54. The molecule has 0 aliphatic carbocycles. The van der Waals surface area contributed by atoms with Gasteiger partial charge in [0.25, 0.3) is 0 Å². The van der Waals surface area contributed by atoms with Crippen LogP contribution in [0.4, 0.5) is 13.2 Å².